The summed E-state index contributed by atoms with van der Waals surface area (Å²) in [6.07, 6.45) is 0. The Balaban J connectivity index is 0.000000280. The molecule has 0 amide bonds. The van der Waals surface area contributed by atoms with Gasteiger partial charge in [0, 0.05) is 18.6 Å². The minimum Gasteiger partial charge on any atom is -0.418 e. The molecule has 18 heavy (non-hydrogen) atoms. The molecule has 1 nitrogen and oxygen atoms in total. The minimum atomic E-state index is -6.00. The van der Waals surface area contributed by atoms with Crippen molar-refractivity contribution < 1.29 is 21.8 Å². The van der Waals surface area contributed by atoms with E-state index in [1.165, 1.54) is 17.0 Å². The minimum absolute atomic E-state index is 0.200. The van der Waals surface area contributed by atoms with Crippen LogP contribution in [0.5, 0.6) is 0 Å². The van der Waals surface area contributed by atoms with Crippen molar-refractivity contribution in [2.24, 2.45) is 0 Å². The van der Waals surface area contributed by atoms with Crippen LogP contribution in [0.3, 0.4) is 0 Å². The fraction of sp³-hybridized carbons (Fsp3) is 0.417. The van der Waals surface area contributed by atoms with Crippen LogP contribution in [-0.2, 0) is 5.41 Å². The monoisotopic (exact) mass is 261 g/mol. The van der Waals surface area contributed by atoms with Crippen LogP contribution >= 0.6 is 0 Å². The SMILES string of the molecule is CC1=[N+](C)c2ccccc2C1(C)C.F[B-](F)(F)F. The number of hydrogen-bond donors (Lipinski definition) is 0. The lowest BCUT2D eigenvalue weighted by Crippen LogP contribution is -2.25. The molecule has 1 aliphatic heterocycles. The molecule has 1 aliphatic rings. The Morgan fingerprint density at radius 1 is 1.06 bits per heavy atom. The highest BCUT2D eigenvalue weighted by atomic mass is 19.5. The smallest absolute Gasteiger partial charge is 0.418 e. The van der Waals surface area contributed by atoms with Crippen LogP contribution in [-0.4, -0.2) is 24.6 Å². The van der Waals surface area contributed by atoms with Gasteiger partial charge in [-0.05, 0) is 13.8 Å². The highest BCUT2D eigenvalue weighted by molar-refractivity contribution is 6.50. The third kappa shape index (κ3) is 3.12. The molecule has 100 valence electrons. The van der Waals surface area contributed by atoms with Gasteiger partial charge in [0.25, 0.3) is 0 Å². The number of halogens is 4. The van der Waals surface area contributed by atoms with E-state index in [2.05, 4.69) is 56.7 Å². The Morgan fingerprint density at radius 2 is 1.50 bits per heavy atom. The lowest BCUT2D eigenvalue weighted by atomic mass is 9.82. The van der Waals surface area contributed by atoms with Gasteiger partial charge in [0.2, 0.25) is 5.69 Å². The van der Waals surface area contributed by atoms with Crippen molar-refractivity contribution in [3.63, 3.8) is 0 Å². The first-order chi connectivity index (χ1) is 8.05. The number of para-hydroxylation sites is 1. The summed E-state index contributed by atoms with van der Waals surface area (Å²) >= 11 is 0. The molecular weight excluding hydrogens is 245 g/mol. The summed E-state index contributed by atoms with van der Waals surface area (Å²) in [5, 5.41) is 0. The van der Waals surface area contributed by atoms with Gasteiger partial charge in [0.05, 0.1) is 5.41 Å². The molecule has 2 rings (SSSR count). The highest BCUT2D eigenvalue weighted by Crippen LogP contribution is 2.38. The number of fused-ring (bicyclic) bond motifs is 1. The molecule has 0 radical (unpaired) electrons. The zero-order valence-corrected chi connectivity index (χ0v) is 10.8. The number of hydrogen-bond acceptors (Lipinski definition) is 0. The molecule has 0 spiro atoms. The average molecular weight is 261 g/mol. The maximum absolute atomic E-state index is 9.75. The van der Waals surface area contributed by atoms with Crippen LogP contribution in [0.2, 0.25) is 0 Å². The zero-order valence-electron chi connectivity index (χ0n) is 10.8. The molecule has 0 N–H and O–H groups in total. The third-order valence-corrected chi connectivity index (χ3v) is 3.35. The van der Waals surface area contributed by atoms with Crippen LogP contribution in [0, 0.1) is 0 Å². The van der Waals surface area contributed by atoms with Gasteiger partial charge in [-0.2, -0.15) is 0 Å². The van der Waals surface area contributed by atoms with Crippen LogP contribution in [0.25, 0.3) is 0 Å². The maximum atomic E-state index is 9.75. The molecule has 0 bridgehead atoms. The van der Waals surface area contributed by atoms with Crippen LogP contribution in [0.4, 0.5) is 23.0 Å². The van der Waals surface area contributed by atoms with E-state index in [1.54, 1.807) is 0 Å². The maximum Gasteiger partial charge on any atom is 0.673 e. The Morgan fingerprint density at radius 3 is 1.94 bits per heavy atom. The standard InChI is InChI=1S/C12H16N.BF4/c1-9-12(2,3)10-7-5-6-8-11(10)13(9)4;2-1(3,4)5/h5-8H,1-4H3;/q+1;-1. The molecule has 0 unspecified atom stereocenters. The topological polar surface area (TPSA) is 3.01 Å². The predicted octanol–water partition coefficient (Wildman–Crippen LogP) is 4.01. The number of benzene rings is 1. The Labute approximate surface area is 104 Å². The quantitative estimate of drug-likeness (QED) is 0.377. The molecule has 0 fully saturated rings. The summed E-state index contributed by atoms with van der Waals surface area (Å²) in [6.45, 7) is 6.77. The van der Waals surface area contributed by atoms with Gasteiger partial charge in [0.1, 0.15) is 7.05 Å². The zero-order chi connectivity index (χ0) is 14.1. The van der Waals surface area contributed by atoms with Crippen molar-refractivity contribution in [3.8, 4) is 0 Å². The predicted molar refractivity (Wildman–Crippen MR) is 66.2 cm³/mol. The third-order valence-electron chi connectivity index (χ3n) is 3.35. The molecule has 0 aromatic heterocycles. The Bertz CT molecular complexity index is 471. The summed E-state index contributed by atoms with van der Waals surface area (Å²) in [5.41, 5.74) is 4.42. The second-order valence-electron chi connectivity index (χ2n) is 4.78. The summed E-state index contributed by atoms with van der Waals surface area (Å²) < 4.78 is 41.3. The molecule has 1 aromatic carbocycles. The average Bonchev–Trinajstić information content (AvgIpc) is 2.40. The first kappa shape index (κ1) is 14.7. The van der Waals surface area contributed by atoms with Gasteiger partial charge in [0.15, 0.2) is 5.71 Å². The van der Waals surface area contributed by atoms with Gasteiger partial charge in [-0.1, -0.05) is 18.2 Å². The number of rotatable bonds is 0. The fourth-order valence-corrected chi connectivity index (χ4v) is 2.09. The second-order valence-corrected chi connectivity index (χ2v) is 4.78. The first-order valence-electron chi connectivity index (χ1n) is 5.59. The van der Waals surface area contributed by atoms with Crippen molar-refractivity contribution in [1.82, 2.24) is 0 Å². The van der Waals surface area contributed by atoms with Gasteiger partial charge in [-0.15, -0.1) is 0 Å². The molecule has 0 saturated carbocycles. The van der Waals surface area contributed by atoms with E-state index < -0.39 is 7.25 Å². The Kier molecular flexibility index (Phi) is 3.88. The van der Waals surface area contributed by atoms with Gasteiger partial charge in [-0.25, -0.2) is 4.58 Å². The highest BCUT2D eigenvalue weighted by Gasteiger charge is 2.40. The lowest BCUT2D eigenvalue weighted by molar-refractivity contribution is -0.403. The van der Waals surface area contributed by atoms with E-state index in [1.807, 2.05) is 0 Å². The van der Waals surface area contributed by atoms with Crippen molar-refractivity contribution in [2.75, 3.05) is 7.05 Å². The normalized spacial score (nSPS) is 17.1. The molecule has 0 aliphatic carbocycles. The van der Waals surface area contributed by atoms with Crippen molar-refractivity contribution in [1.29, 1.82) is 0 Å². The second kappa shape index (κ2) is 4.74. The molecule has 1 aromatic rings. The molecule has 1 heterocycles. The van der Waals surface area contributed by atoms with Crippen LogP contribution in [0.15, 0.2) is 24.3 Å². The fourth-order valence-electron chi connectivity index (χ4n) is 2.09. The van der Waals surface area contributed by atoms with Crippen LogP contribution < -0.4 is 0 Å². The summed E-state index contributed by atoms with van der Waals surface area (Å²) in [5.74, 6) is 0. The van der Waals surface area contributed by atoms with Gasteiger partial charge >= 0.3 is 7.25 Å². The van der Waals surface area contributed by atoms with E-state index in [9.17, 15) is 17.3 Å². The largest absolute Gasteiger partial charge is 0.673 e. The van der Waals surface area contributed by atoms with E-state index in [4.69, 9.17) is 0 Å². The van der Waals surface area contributed by atoms with Crippen molar-refractivity contribution in [3.05, 3.63) is 29.8 Å². The van der Waals surface area contributed by atoms with Crippen LogP contribution in [0.1, 0.15) is 26.3 Å². The van der Waals surface area contributed by atoms with Crippen molar-refractivity contribution >= 4 is 18.7 Å². The summed E-state index contributed by atoms with van der Waals surface area (Å²) in [7, 11) is -3.86. The Hall–Kier alpha value is -1.33. The summed E-state index contributed by atoms with van der Waals surface area (Å²) in [6, 6.07) is 8.63. The van der Waals surface area contributed by atoms with E-state index >= 15 is 0 Å². The molecule has 0 atom stereocenters. The molecule has 6 heteroatoms. The number of nitrogens with zero attached hydrogens (tertiary/aromatic N) is 1. The van der Waals surface area contributed by atoms with Gasteiger partial charge < -0.3 is 17.3 Å². The lowest BCUT2D eigenvalue weighted by Gasteiger charge is -2.14. The summed E-state index contributed by atoms with van der Waals surface area (Å²) in [4.78, 5) is 0. The van der Waals surface area contributed by atoms with Crippen molar-refractivity contribution in [2.45, 2.75) is 26.2 Å². The van der Waals surface area contributed by atoms with Gasteiger partial charge in [-0.3, -0.25) is 0 Å². The van der Waals surface area contributed by atoms with E-state index in [0.29, 0.717) is 0 Å². The molecule has 0 saturated heterocycles. The first-order valence-corrected chi connectivity index (χ1v) is 5.59. The van der Waals surface area contributed by atoms with E-state index in [0.717, 1.165) is 0 Å². The van der Waals surface area contributed by atoms with E-state index in [-0.39, 0.29) is 5.41 Å². The molecular formula is C12H16BF4N.